The molecule has 4 rings (SSSR count). The molecule has 23 heavy (non-hydrogen) atoms. The maximum absolute atomic E-state index is 2.66. The topological polar surface area (TPSA) is 3.24 Å². The quantitative estimate of drug-likeness (QED) is 0.737. The van der Waals surface area contributed by atoms with Gasteiger partial charge in [0.15, 0.2) is 0 Å². The van der Waals surface area contributed by atoms with Crippen molar-refractivity contribution in [2.45, 2.75) is 50.1 Å². The SMILES string of the molecule is Cc1ccc([C@H]2C[C@@H]3CC[C@H]([C@H]2c2ccccc2)N3C)cc1.Cl. The predicted molar refractivity (Wildman–Crippen MR) is 99.5 cm³/mol. The smallest absolute Gasteiger partial charge is 0.0170 e. The van der Waals surface area contributed by atoms with Crippen LogP contribution in [0.3, 0.4) is 0 Å². The standard InChI is InChI=1S/C21H25N.ClH/c1-15-8-10-16(11-9-15)19-14-18-12-13-20(22(18)2)21(19)17-6-4-3-5-7-17;/h3-11,18-21H,12-14H2,1-2H3;1H/t18-,19+,20+,21-;/m0./s1. The molecule has 2 aromatic rings. The van der Waals surface area contributed by atoms with E-state index in [0.717, 1.165) is 6.04 Å². The Morgan fingerprint density at radius 2 is 1.57 bits per heavy atom. The van der Waals surface area contributed by atoms with Crippen LogP contribution in [0.25, 0.3) is 0 Å². The van der Waals surface area contributed by atoms with Gasteiger partial charge in [-0.2, -0.15) is 0 Å². The van der Waals surface area contributed by atoms with Gasteiger partial charge in [-0.25, -0.2) is 0 Å². The summed E-state index contributed by atoms with van der Waals surface area (Å²) in [4.78, 5) is 2.66. The summed E-state index contributed by atoms with van der Waals surface area (Å²) in [6.07, 6.45) is 4.02. The van der Waals surface area contributed by atoms with Gasteiger partial charge in [0.1, 0.15) is 0 Å². The normalized spacial score (nSPS) is 30.0. The van der Waals surface area contributed by atoms with Crippen molar-refractivity contribution in [2.24, 2.45) is 0 Å². The Labute approximate surface area is 146 Å². The lowest BCUT2D eigenvalue weighted by Gasteiger charge is -2.43. The molecule has 2 aromatic carbocycles. The Kier molecular flexibility index (Phi) is 4.79. The highest BCUT2D eigenvalue weighted by Crippen LogP contribution is 2.50. The Hall–Kier alpha value is -1.31. The summed E-state index contributed by atoms with van der Waals surface area (Å²) in [6, 6.07) is 21.9. The van der Waals surface area contributed by atoms with Gasteiger partial charge in [-0.1, -0.05) is 60.2 Å². The largest absolute Gasteiger partial charge is 0.300 e. The van der Waals surface area contributed by atoms with Crippen LogP contribution < -0.4 is 0 Å². The molecule has 2 heterocycles. The van der Waals surface area contributed by atoms with Crippen molar-refractivity contribution >= 4 is 12.4 Å². The third-order valence-electron chi connectivity index (χ3n) is 5.96. The number of rotatable bonds is 2. The van der Waals surface area contributed by atoms with E-state index in [1.165, 1.54) is 36.0 Å². The molecule has 0 radical (unpaired) electrons. The molecule has 2 aliphatic rings. The first-order chi connectivity index (χ1) is 10.7. The third-order valence-corrected chi connectivity index (χ3v) is 5.96. The fraction of sp³-hybridized carbons (Fsp3) is 0.429. The molecule has 0 unspecified atom stereocenters. The minimum atomic E-state index is 0. The van der Waals surface area contributed by atoms with Crippen LogP contribution >= 0.6 is 12.4 Å². The number of fused-ring (bicyclic) bond motifs is 2. The molecular weight excluding hydrogens is 302 g/mol. The van der Waals surface area contributed by atoms with E-state index in [0.29, 0.717) is 17.9 Å². The molecule has 2 saturated heterocycles. The molecule has 0 aromatic heterocycles. The minimum Gasteiger partial charge on any atom is -0.300 e. The predicted octanol–water partition coefficient (Wildman–Crippen LogP) is 5.15. The van der Waals surface area contributed by atoms with Crippen LogP contribution in [0.2, 0.25) is 0 Å². The zero-order valence-corrected chi connectivity index (χ0v) is 14.8. The van der Waals surface area contributed by atoms with Gasteiger partial charge >= 0.3 is 0 Å². The van der Waals surface area contributed by atoms with E-state index < -0.39 is 0 Å². The van der Waals surface area contributed by atoms with Crippen LogP contribution in [-0.2, 0) is 0 Å². The molecule has 0 N–H and O–H groups in total. The van der Waals surface area contributed by atoms with Crippen LogP contribution in [-0.4, -0.2) is 24.0 Å². The van der Waals surface area contributed by atoms with Gasteiger partial charge in [-0.3, -0.25) is 4.90 Å². The zero-order valence-electron chi connectivity index (χ0n) is 14.0. The van der Waals surface area contributed by atoms with Crippen LogP contribution in [0.5, 0.6) is 0 Å². The molecule has 122 valence electrons. The summed E-state index contributed by atoms with van der Waals surface area (Å²) in [7, 11) is 2.34. The Bertz CT molecular complexity index is 637. The maximum atomic E-state index is 2.66. The van der Waals surface area contributed by atoms with E-state index in [2.05, 4.69) is 73.5 Å². The van der Waals surface area contributed by atoms with Crippen LogP contribution in [0.4, 0.5) is 0 Å². The average Bonchev–Trinajstić information content (AvgIpc) is 2.79. The van der Waals surface area contributed by atoms with Crippen molar-refractivity contribution in [2.75, 3.05) is 7.05 Å². The molecule has 1 nitrogen and oxygen atoms in total. The number of likely N-dealkylation sites (N-methyl/N-ethyl adjacent to an activating group) is 1. The van der Waals surface area contributed by atoms with Crippen LogP contribution in [0.1, 0.15) is 47.8 Å². The summed E-state index contributed by atoms with van der Waals surface area (Å²) >= 11 is 0. The van der Waals surface area contributed by atoms with Crippen molar-refractivity contribution in [1.82, 2.24) is 4.90 Å². The molecule has 4 atom stereocenters. The monoisotopic (exact) mass is 327 g/mol. The molecule has 2 aliphatic heterocycles. The maximum Gasteiger partial charge on any atom is 0.0170 e. The Morgan fingerprint density at radius 1 is 0.870 bits per heavy atom. The summed E-state index contributed by atoms with van der Waals surface area (Å²) < 4.78 is 0. The number of nitrogens with zero attached hydrogens (tertiary/aromatic N) is 1. The number of hydrogen-bond acceptors (Lipinski definition) is 1. The van der Waals surface area contributed by atoms with Crippen molar-refractivity contribution in [3.05, 3.63) is 71.3 Å². The van der Waals surface area contributed by atoms with Crippen LogP contribution in [0.15, 0.2) is 54.6 Å². The van der Waals surface area contributed by atoms with Crippen molar-refractivity contribution in [3.8, 4) is 0 Å². The highest BCUT2D eigenvalue weighted by Gasteiger charge is 2.46. The minimum absolute atomic E-state index is 0. The van der Waals surface area contributed by atoms with E-state index in [1.54, 1.807) is 0 Å². The number of halogens is 1. The first-order valence-electron chi connectivity index (χ1n) is 8.57. The lowest BCUT2D eigenvalue weighted by molar-refractivity contribution is 0.137. The molecule has 2 fully saturated rings. The van der Waals surface area contributed by atoms with Gasteiger partial charge in [0.25, 0.3) is 0 Å². The van der Waals surface area contributed by atoms with Gasteiger partial charge in [0, 0.05) is 18.0 Å². The fourth-order valence-electron chi connectivity index (χ4n) is 4.75. The van der Waals surface area contributed by atoms with E-state index in [4.69, 9.17) is 0 Å². The van der Waals surface area contributed by atoms with E-state index in [-0.39, 0.29) is 12.4 Å². The molecular formula is C21H26ClN. The summed E-state index contributed by atoms with van der Waals surface area (Å²) in [5, 5.41) is 0. The molecule has 2 heteroatoms. The fourth-order valence-corrected chi connectivity index (χ4v) is 4.75. The average molecular weight is 328 g/mol. The molecule has 2 bridgehead atoms. The molecule has 0 spiro atoms. The lowest BCUT2D eigenvalue weighted by Crippen LogP contribution is -2.44. The second-order valence-electron chi connectivity index (χ2n) is 7.15. The van der Waals surface area contributed by atoms with E-state index in [1.807, 2.05) is 0 Å². The molecule has 0 amide bonds. The summed E-state index contributed by atoms with van der Waals surface area (Å²) in [5.74, 6) is 1.30. The third kappa shape index (κ3) is 2.93. The number of hydrogen-bond donors (Lipinski definition) is 0. The Balaban J connectivity index is 0.00000156. The van der Waals surface area contributed by atoms with E-state index in [9.17, 15) is 0 Å². The molecule has 0 aliphatic carbocycles. The second-order valence-corrected chi connectivity index (χ2v) is 7.15. The van der Waals surface area contributed by atoms with Gasteiger partial charge in [0.2, 0.25) is 0 Å². The highest BCUT2D eigenvalue weighted by atomic mass is 35.5. The van der Waals surface area contributed by atoms with Gasteiger partial charge in [-0.15, -0.1) is 12.4 Å². The highest BCUT2D eigenvalue weighted by molar-refractivity contribution is 5.85. The Morgan fingerprint density at radius 3 is 2.26 bits per heavy atom. The van der Waals surface area contributed by atoms with Crippen LogP contribution in [0, 0.1) is 6.92 Å². The van der Waals surface area contributed by atoms with Crippen molar-refractivity contribution < 1.29 is 0 Å². The number of piperidine rings is 1. The van der Waals surface area contributed by atoms with E-state index >= 15 is 0 Å². The van der Waals surface area contributed by atoms with Gasteiger partial charge in [0.05, 0.1) is 0 Å². The summed E-state index contributed by atoms with van der Waals surface area (Å²) in [5.41, 5.74) is 4.41. The summed E-state index contributed by atoms with van der Waals surface area (Å²) in [6.45, 7) is 2.18. The first-order valence-corrected chi connectivity index (χ1v) is 8.57. The van der Waals surface area contributed by atoms with Gasteiger partial charge < -0.3 is 0 Å². The zero-order chi connectivity index (χ0) is 15.1. The first kappa shape index (κ1) is 16.5. The lowest BCUT2D eigenvalue weighted by atomic mass is 9.73. The number of benzene rings is 2. The van der Waals surface area contributed by atoms with Crippen molar-refractivity contribution in [1.29, 1.82) is 0 Å². The van der Waals surface area contributed by atoms with Crippen molar-refractivity contribution in [3.63, 3.8) is 0 Å². The number of aryl methyl sites for hydroxylation is 1. The van der Waals surface area contributed by atoms with Gasteiger partial charge in [-0.05, 0) is 50.3 Å². The molecule has 0 saturated carbocycles. The second kappa shape index (κ2) is 6.67.